The Labute approximate surface area is 165 Å². The molecule has 3 rings (SSSR count). The van der Waals surface area contributed by atoms with Gasteiger partial charge in [-0.25, -0.2) is 0 Å². The molecule has 1 amide bonds. The van der Waals surface area contributed by atoms with Gasteiger partial charge in [0.15, 0.2) is 5.72 Å². The van der Waals surface area contributed by atoms with Gasteiger partial charge in [-0.15, -0.1) is 11.8 Å². The summed E-state index contributed by atoms with van der Waals surface area (Å²) in [6, 6.07) is 17.2. The summed E-state index contributed by atoms with van der Waals surface area (Å²) in [6.07, 6.45) is -3.53. The van der Waals surface area contributed by atoms with Crippen LogP contribution in [0.3, 0.4) is 0 Å². The monoisotopic (exact) mass is 407 g/mol. The van der Waals surface area contributed by atoms with Crippen LogP contribution in [-0.2, 0) is 17.1 Å². The largest absolute Gasteiger partial charge is 0.404 e. The number of hydrogen-bond donors (Lipinski definition) is 1. The molecule has 0 radical (unpaired) electrons. The van der Waals surface area contributed by atoms with Crippen molar-refractivity contribution >= 4 is 17.7 Å². The predicted molar refractivity (Wildman–Crippen MR) is 103 cm³/mol. The summed E-state index contributed by atoms with van der Waals surface area (Å²) in [7, 11) is 0. The minimum Gasteiger partial charge on any atom is -0.363 e. The van der Waals surface area contributed by atoms with Crippen molar-refractivity contribution in [1.29, 1.82) is 0 Å². The zero-order valence-corrected chi connectivity index (χ0v) is 16.0. The van der Waals surface area contributed by atoms with Crippen LogP contribution in [0.15, 0.2) is 72.3 Å². The van der Waals surface area contributed by atoms with Crippen molar-refractivity contribution in [2.24, 2.45) is 0 Å². The van der Waals surface area contributed by atoms with E-state index in [0.29, 0.717) is 22.9 Å². The molecule has 2 atom stereocenters. The van der Waals surface area contributed by atoms with Gasteiger partial charge < -0.3 is 5.11 Å². The summed E-state index contributed by atoms with van der Waals surface area (Å²) in [4.78, 5) is 14.1. The van der Waals surface area contributed by atoms with Gasteiger partial charge in [0, 0.05) is 17.7 Å². The van der Waals surface area contributed by atoms with Gasteiger partial charge in [0.2, 0.25) is 0 Å². The lowest BCUT2D eigenvalue weighted by atomic mass is 10.0. The normalized spacial score (nSPS) is 21.0. The Kier molecular flexibility index (Phi) is 5.86. The fraction of sp³-hybridized carbons (Fsp3) is 0.286. The van der Waals surface area contributed by atoms with Crippen LogP contribution in [0.1, 0.15) is 18.1 Å². The molecule has 0 fully saturated rings. The number of rotatable bonds is 6. The van der Waals surface area contributed by atoms with Crippen molar-refractivity contribution in [3.63, 3.8) is 0 Å². The Morgan fingerprint density at radius 3 is 2.18 bits per heavy atom. The lowest BCUT2D eigenvalue weighted by molar-refractivity contribution is -0.148. The Balaban J connectivity index is 2.08. The van der Waals surface area contributed by atoms with Crippen molar-refractivity contribution in [3.05, 3.63) is 83.4 Å². The van der Waals surface area contributed by atoms with Crippen molar-refractivity contribution in [2.45, 2.75) is 30.6 Å². The van der Waals surface area contributed by atoms with E-state index in [-0.39, 0.29) is 12.3 Å². The number of carbonyl (C=O) groups excluding carboxylic acids is 1. The summed E-state index contributed by atoms with van der Waals surface area (Å²) in [5.41, 5.74) is -1.31. The van der Waals surface area contributed by atoms with E-state index in [2.05, 4.69) is 0 Å². The van der Waals surface area contributed by atoms with E-state index in [1.165, 1.54) is 0 Å². The molecule has 0 aliphatic carbocycles. The average Bonchev–Trinajstić information content (AvgIpc) is 2.92. The highest BCUT2D eigenvalue weighted by Crippen LogP contribution is 2.44. The second kappa shape index (κ2) is 8.01. The van der Waals surface area contributed by atoms with E-state index in [1.807, 2.05) is 0 Å². The number of nitrogens with zero attached hydrogens (tertiary/aromatic N) is 1. The van der Waals surface area contributed by atoms with E-state index >= 15 is 0 Å². The van der Waals surface area contributed by atoms with Crippen LogP contribution >= 0.6 is 11.8 Å². The molecule has 0 saturated carbocycles. The molecule has 0 aromatic heterocycles. The molecule has 1 heterocycles. The molecular weight excluding hydrogens is 387 g/mol. The molecule has 2 unspecified atom stereocenters. The minimum atomic E-state index is -4.59. The van der Waals surface area contributed by atoms with E-state index < -0.39 is 28.6 Å². The van der Waals surface area contributed by atoms with Gasteiger partial charge >= 0.3 is 6.18 Å². The topological polar surface area (TPSA) is 40.5 Å². The van der Waals surface area contributed by atoms with Crippen LogP contribution in [0.25, 0.3) is 0 Å². The molecule has 0 saturated heterocycles. The maximum Gasteiger partial charge on any atom is 0.404 e. The van der Waals surface area contributed by atoms with Gasteiger partial charge in [-0.05, 0) is 17.4 Å². The lowest BCUT2D eigenvalue weighted by Gasteiger charge is -2.33. The van der Waals surface area contributed by atoms with Crippen molar-refractivity contribution in [2.75, 3.05) is 5.75 Å². The lowest BCUT2D eigenvalue weighted by Crippen LogP contribution is -2.44. The number of carbonyl (C=O) groups is 1. The summed E-state index contributed by atoms with van der Waals surface area (Å²) >= 11 is 0.637. The Morgan fingerprint density at radius 1 is 1.07 bits per heavy atom. The standard InChI is InChI=1S/C21H20F3NO2S/c1-2-28-18(21(22,23)24)17-13-20(27,16-11-7-4-8-12-16)25(19(17)26)14-15-9-5-3-6-10-15/h3-13,18,27H,2,14H2,1H3. The summed E-state index contributed by atoms with van der Waals surface area (Å²) in [6.45, 7) is 1.60. The maximum absolute atomic E-state index is 13.6. The van der Waals surface area contributed by atoms with Crippen LogP contribution in [0.4, 0.5) is 13.2 Å². The third-order valence-corrected chi connectivity index (χ3v) is 5.74. The van der Waals surface area contributed by atoms with Gasteiger partial charge in [0.05, 0.1) is 0 Å². The van der Waals surface area contributed by atoms with E-state index in [4.69, 9.17) is 0 Å². The first kappa shape index (κ1) is 20.5. The molecule has 2 aromatic rings. The molecule has 28 heavy (non-hydrogen) atoms. The van der Waals surface area contributed by atoms with Crippen molar-refractivity contribution in [3.8, 4) is 0 Å². The fourth-order valence-corrected chi connectivity index (χ4v) is 4.13. The van der Waals surface area contributed by atoms with Gasteiger partial charge in [0.25, 0.3) is 5.91 Å². The second-order valence-electron chi connectivity index (χ2n) is 6.45. The number of aliphatic hydroxyl groups is 1. The fourth-order valence-electron chi connectivity index (χ4n) is 3.26. The quantitative estimate of drug-likeness (QED) is 0.767. The van der Waals surface area contributed by atoms with Gasteiger partial charge in [-0.3, -0.25) is 9.69 Å². The molecule has 1 N–H and O–H groups in total. The highest BCUT2D eigenvalue weighted by Gasteiger charge is 2.53. The number of hydrogen-bond acceptors (Lipinski definition) is 3. The Morgan fingerprint density at radius 2 is 1.64 bits per heavy atom. The third-order valence-electron chi connectivity index (χ3n) is 4.56. The molecule has 0 spiro atoms. The van der Waals surface area contributed by atoms with Crippen LogP contribution in [0.5, 0.6) is 0 Å². The molecule has 2 aromatic carbocycles. The number of benzene rings is 2. The average molecular weight is 407 g/mol. The summed E-state index contributed by atoms with van der Waals surface area (Å²) < 4.78 is 40.9. The molecule has 1 aliphatic heterocycles. The SMILES string of the molecule is CCSC(C1=CC(O)(c2ccccc2)N(Cc2ccccc2)C1=O)C(F)(F)F. The smallest absolute Gasteiger partial charge is 0.363 e. The van der Waals surface area contributed by atoms with Crippen molar-refractivity contribution in [1.82, 2.24) is 4.90 Å². The van der Waals surface area contributed by atoms with Crippen LogP contribution < -0.4 is 0 Å². The first-order valence-corrected chi connectivity index (χ1v) is 9.87. The van der Waals surface area contributed by atoms with E-state index in [9.17, 15) is 23.1 Å². The highest BCUT2D eigenvalue weighted by molar-refractivity contribution is 8.00. The number of thioether (sulfide) groups is 1. The Bertz CT molecular complexity index is 855. The number of amides is 1. The highest BCUT2D eigenvalue weighted by atomic mass is 32.2. The Hall–Kier alpha value is -2.25. The minimum absolute atomic E-state index is 0.00750. The van der Waals surface area contributed by atoms with Gasteiger partial charge in [0.1, 0.15) is 5.25 Å². The zero-order valence-electron chi connectivity index (χ0n) is 15.2. The molecular formula is C21H20F3NO2S. The molecule has 3 nitrogen and oxygen atoms in total. The van der Waals surface area contributed by atoms with Crippen molar-refractivity contribution < 1.29 is 23.1 Å². The first-order chi connectivity index (χ1) is 13.3. The second-order valence-corrected chi connectivity index (χ2v) is 7.83. The third kappa shape index (κ3) is 3.95. The molecule has 0 bridgehead atoms. The van der Waals surface area contributed by atoms with E-state index in [0.717, 1.165) is 11.0 Å². The van der Waals surface area contributed by atoms with Crippen LogP contribution in [0, 0.1) is 0 Å². The van der Waals surface area contributed by atoms with Crippen LogP contribution in [-0.4, -0.2) is 33.1 Å². The molecule has 7 heteroatoms. The summed E-state index contributed by atoms with van der Waals surface area (Å²) in [5.74, 6) is -0.615. The van der Waals surface area contributed by atoms with Crippen LogP contribution in [0.2, 0.25) is 0 Å². The number of halogens is 3. The number of alkyl halides is 3. The maximum atomic E-state index is 13.6. The zero-order chi connectivity index (χ0) is 20.4. The molecule has 1 aliphatic rings. The predicted octanol–water partition coefficient (Wildman–Crippen LogP) is 4.48. The first-order valence-electron chi connectivity index (χ1n) is 8.82. The van der Waals surface area contributed by atoms with Gasteiger partial charge in [-0.2, -0.15) is 13.2 Å². The summed E-state index contributed by atoms with van der Waals surface area (Å²) in [5, 5.41) is 9.37. The molecule has 148 valence electrons. The van der Waals surface area contributed by atoms with E-state index in [1.54, 1.807) is 67.6 Å². The van der Waals surface area contributed by atoms with Gasteiger partial charge in [-0.1, -0.05) is 67.6 Å².